The molecule has 3 aliphatic rings. The van der Waals surface area contributed by atoms with Crippen molar-refractivity contribution in [1.82, 2.24) is 4.90 Å². The molecule has 4 rings (SSSR count). The van der Waals surface area contributed by atoms with E-state index < -0.39 is 0 Å². The second-order valence-corrected chi connectivity index (χ2v) is 5.44. The Morgan fingerprint density at radius 2 is 2.06 bits per heavy atom. The summed E-state index contributed by atoms with van der Waals surface area (Å²) in [4.78, 5) is 2.50. The van der Waals surface area contributed by atoms with E-state index in [4.69, 9.17) is 9.47 Å². The molecule has 0 amide bonds. The Balaban J connectivity index is 1.81. The van der Waals surface area contributed by atoms with Gasteiger partial charge in [0.1, 0.15) is 0 Å². The Bertz CT molecular complexity index is 472. The van der Waals surface area contributed by atoms with Crippen LogP contribution in [0, 0.1) is 5.92 Å². The smallest absolute Gasteiger partial charge is 0.231 e. The fourth-order valence-electron chi connectivity index (χ4n) is 3.70. The SMILES string of the molecule is CN1CCCC2Cc3cc4c(cc3C21)OCO4. The minimum atomic E-state index is 0.377. The lowest BCUT2D eigenvalue weighted by Crippen LogP contribution is -2.33. The largest absolute Gasteiger partial charge is 0.454 e. The molecular weight excluding hydrogens is 214 g/mol. The van der Waals surface area contributed by atoms with Crippen LogP contribution in [0.15, 0.2) is 12.1 Å². The highest BCUT2D eigenvalue weighted by atomic mass is 16.7. The number of rotatable bonds is 0. The van der Waals surface area contributed by atoms with E-state index in [0.29, 0.717) is 12.8 Å². The van der Waals surface area contributed by atoms with Crippen LogP contribution in [-0.2, 0) is 6.42 Å². The standard InChI is InChI=1S/C14H17NO2/c1-15-4-2-3-9-5-10-6-12-13(17-8-16-12)7-11(10)14(9)15/h6-7,9,14H,2-5,8H2,1H3. The van der Waals surface area contributed by atoms with Crippen LogP contribution in [0.25, 0.3) is 0 Å². The molecule has 17 heavy (non-hydrogen) atoms. The lowest BCUT2D eigenvalue weighted by atomic mass is 9.90. The molecule has 1 aliphatic carbocycles. The first kappa shape index (κ1) is 9.77. The van der Waals surface area contributed by atoms with Crippen molar-refractivity contribution in [2.24, 2.45) is 5.92 Å². The summed E-state index contributed by atoms with van der Waals surface area (Å²) in [5, 5.41) is 0. The molecule has 3 heteroatoms. The van der Waals surface area contributed by atoms with Crippen molar-refractivity contribution in [2.45, 2.75) is 25.3 Å². The van der Waals surface area contributed by atoms with Gasteiger partial charge < -0.3 is 9.47 Å². The molecule has 0 aromatic heterocycles. The zero-order valence-electron chi connectivity index (χ0n) is 10.1. The van der Waals surface area contributed by atoms with Gasteiger partial charge in [0.2, 0.25) is 6.79 Å². The number of hydrogen-bond donors (Lipinski definition) is 0. The average molecular weight is 231 g/mol. The van der Waals surface area contributed by atoms with Crippen molar-refractivity contribution in [3.05, 3.63) is 23.3 Å². The van der Waals surface area contributed by atoms with Gasteiger partial charge in [-0.05, 0) is 62.0 Å². The van der Waals surface area contributed by atoms with Gasteiger partial charge in [0.15, 0.2) is 11.5 Å². The topological polar surface area (TPSA) is 21.7 Å². The Hall–Kier alpha value is -1.22. The Kier molecular flexibility index (Phi) is 1.95. The number of nitrogens with zero attached hydrogens (tertiary/aromatic N) is 1. The molecule has 1 aromatic rings. The van der Waals surface area contributed by atoms with Gasteiger partial charge in [-0.25, -0.2) is 0 Å². The van der Waals surface area contributed by atoms with Crippen molar-refractivity contribution >= 4 is 0 Å². The summed E-state index contributed by atoms with van der Waals surface area (Å²) in [5.41, 5.74) is 2.94. The van der Waals surface area contributed by atoms with E-state index in [1.165, 1.54) is 36.9 Å². The van der Waals surface area contributed by atoms with Gasteiger partial charge >= 0.3 is 0 Å². The van der Waals surface area contributed by atoms with Gasteiger partial charge in [-0.1, -0.05) is 0 Å². The minimum absolute atomic E-state index is 0.377. The van der Waals surface area contributed by atoms with Gasteiger partial charge in [-0.15, -0.1) is 0 Å². The molecule has 3 nitrogen and oxygen atoms in total. The van der Waals surface area contributed by atoms with Crippen LogP contribution >= 0.6 is 0 Å². The number of hydrogen-bond acceptors (Lipinski definition) is 3. The fourth-order valence-corrected chi connectivity index (χ4v) is 3.70. The number of ether oxygens (including phenoxy) is 2. The molecule has 0 spiro atoms. The normalized spacial score (nSPS) is 30.2. The zero-order chi connectivity index (χ0) is 11.4. The van der Waals surface area contributed by atoms with Crippen molar-refractivity contribution in [3.63, 3.8) is 0 Å². The third-order valence-corrected chi connectivity index (χ3v) is 4.44. The molecule has 1 aromatic carbocycles. The molecule has 2 unspecified atom stereocenters. The first-order valence-corrected chi connectivity index (χ1v) is 6.45. The molecule has 0 N–H and O–H groups in total. The molecule has 2 aliphatic heterocycles. The number of likely N-dealkylation sites (tertiary alicyclic amines) is 1. The lowest BCUT2D eigenvalue weighted by Gasteiger charge is -2.35. The summed E-state index contributed by atoms with van der Waals surface area (Å²) in [7, 11) is 2.25. The van der Waals surface area contributed by atoms with Gasteiger partial charge in [-0.3, -0.25) is 4.90 Å². The third kappa shape index (κ3) is 1.32. The predicted molar refractivity (Wildman–Crippen MR) is 64.4 cm³/mol. The highest BCUT2D eigenvalue weighted by Gasteiger charge is 2.38. The molecule has 1 saturated heterocycles. The maximum Gasteiger partial charge on any atom is 0.231 e. The molecule has 90 valence electrons. The number of piperidine rings is 1. The lowest BCUT2D eigenvalue weighted by molar-refractivity contribution is 0.135. The Morgan fingerprint density at radius 3 is 2.94 bits per heavy atom. The van der Waals surface area contributed by atoms with E-state index in [-0.39, 0.29) is 0 Å². The van der Waals surface area contributed by atoms with Crippen LogP contribution in [0.3, 0.4) is 0 Å². The highest BCUT2D eigenvalue weighted by molar-refractivity contribution is 5.52. The summed E-state index contributed by atoms with van der Waals surface area (Å²) >= 11 is 0. The third-order valence-electron chi connectivity index (χ3n) is 4.44. The quantitative estimate of drug-likeness (QED) is 0.684. The second-order valence-electron chi connectivity index (χ2n) is 5.44. The monoisotopic (exact) mass is 231 g/mol. The number of fused-ring (bicyclic) bond motifs is 4. The van der Waals surface area contributed by atoms with Crippen LogP contribution in [0.2, 0.25) is 0 Å². The van der Waals surface area contributed by atoms with E-state index in [9.17, 15) is 0 Å². The zero-order valence-corrected chi connectivity index (χ0v) is 10.1. The fraction of sp³-hybridized carbons (Fsp3) is 0.571. The Labute approximate surface area is 101 Å². The van der Waals surface area contributed by atoms with E-state index in [2.05, 4.69) is 24.1 Å². The van der Waals surface area contributed by atoms with Crippen LogP contribution in [-0.4, -0.2) is 25.3 Å². The average Bonchev–Trinajstić information content (AvgIpc) is 2.88. The van der Waals surface area contributed by atoms with Crippen LogP contribution in [0.4, 0.5) is 0 Å². The molecular formula is C14H17NO2. The van der Waals surface area contributed by atoms with E-state index in [0.717, 1.165) is 17.4 Å². The summed E-state index contributed by atoms with van der Waals surface area (Å²) in [5.74, 6) is 2.67. The van der Waals surface area contributed by atoms with Crippen molar-refractivity contribution in [1.29, 1.82) is 0 Å². The predicted octanol–water partition coefficient (Wildman–Crippen LogP) is 2.35. The van der Waals surface area contributed by atoms with Gasteiger partial charge in [0, 0.05) is 6.04 Å². The minimum Gasteiger partial charge on any atom is -0.454 e. The van der Waals surface area contributed by atoms with Gasteiger partial charge in [-0.2, -0.15) is 0 Å². The summed E-state index contributed by atoms with van der Waals surface area (Å²) in [6.07, 6.45) is 3.90. The van der Waals surface area contributed by atoms with Gasteiger partial charge in [0.25, 0.3) is 0 Å². The van der Waals surface area contributed by atoms with Crippen LogP contribution in [0.1, 0.15) is 30.0 Å². The van der Waals surface area contributed by atoms with E-state index in [1.54, 1.807) is 0 Å². The maximum absolute atomic E-state index is 5.50. The van der Waals surface area contributed by atoms with Crippen molar-refractivity contribution < 1.29 is 9.47 Å². The molecule has 2 heterocycles. The molecule has 1 fully saturated rings. The van der Waals surface area contributed by atoms with Crippen molar-refractivity contribution in [2.75, 3.05) is 20.4 Å². The Morgan fingerprint density at radius 1 is 1.24 bits per heavy atom. The maximum atomic E-state index is 5.50. The molecule has 0 radical (unpaired) electrons. The van der Waals surface area contributed by atoms with Crippen LogP contribution < -0.4 is 9.47 Å². The summed E-state index contributed by atoms with van der Waals surface area (Å²) < 4.78 is 11.0. The second kappa shape index (κ2) is 3.39. The van der Waals surface area contributed by atoms with Crippen molar-refractivity contribution in [3.8, 4) is 11.5 Å². The summed E-state index contributed by atoms with van der Waals surface area (Å²) in [6.45, 7) is 1.59. The van der Waals surface area contributed by atoms with E-state index >= 15 is 0 Å². The molecule has 0 saturated carbocycles. The summed E-state index contributed by atoms with van der Waals surface area (Å²) in [6, 6.07) is 5.02. The molecule has 2 atom stereocenters. The first-order valence-electron chi connectivity index (χ1n) is 6.45. The first-order chi connectivity index (χ1) is 8.33. The highest BCUT2D eigenvalue weighted by Crippen LogP contribution is 2.48. The number of benzene rings is 1. The molecule has 0 bridgehead atoms. The van der Waals surface area contributed by atoms with Crippen LogP contribution in [0.5, 0.6) is 11.5 Å². The van der Waals surface area contributed by atoms with E-state index in [1.807, 2.05) is 0 Å². The van der Waals surface area contributed by atoms with Gasteiger partial charge in [0.05, 0.1) is 0 Å².